The summed E-state index contributed by atoms with van der Waals surface area (Å²) >= 11 is 0. The van der Waals surface area contributed by atoms with Crippen LogP contribution in [0.2, 0.25) is 0 Å². The maximum Gasteiger partial charge on any atom is 0.234 e. The minimum atomic E-state index is -3.41. The number of nitrogens with zero attached hydrogens (tertiary/aromatic N) is 1. The second-order valence-corrected chi connectivity index (χ2v) is 5.68. The van der Waals surface area contributed by atoms with Crippen LogP contribution in [0.3, 0.4) is 0 Å². The second kappa shape index (κ2) is 3.21. The van der Waals surface area contributed by atoms with Gasteiger partial charge in [-0.05, 0) is 11.6 Å². The van der Waals surface area contributed by atoms with Crippen LogP contribution >= 0.6 is 0 Å². The van der Waals surface area contributed by atoms with Crippen molar-refractivity contribution in [3.05, 3.63) is 29.8 Å². The van der Waals surface area contributed by atoms with Gasteiger partial charge in [0.25, 0.3) is 0 Å². The first-order valence-electron chi connectivity index (χ1n) is 4.69. The number of para-hydroxylation sites is 1. The van der Waals surface area contributed by atoms with E-state index in [1.54, 1.807) is 12.1 Å². The smallest absolute Gasteiger partial charge is 0.234 e. The molecule has 0 spiro atoms. The van der Waals surface area contributed by atoms with Crippen molar-refractivity contribution < 1.29 is 13.5 Å². The van der Waals surface area contributed by atoms with Crippen molar-refractivity contribution in [2.45, 2.75) is 19.1 Å². The predicted octanol–water partition coefficient (Wildman–Crippen LogP) is 0.888. The van der Waals surface area contributed by atoms with Crippen LogP contribution in [0, 0.1) is 0 Å². The van der Waals surface area contributed by atoms with Gasteiger partial charge < -0.3 is 5.11 Å². The van der Waals surface area contributed by atoms with Gasteiger partial charge in [-0.15, -0.1) is 0 Å². The number of aliphatic hydroxyl groups excluding tert-OH is 1. The zero-order chi connectivity index (χ0) is 11.2. The standard InChI is InChI=1S/C10H13NO3S/c1-7-8-5-3-4-6-9(8)11(10(7)12)15(2,13)14/h3-7,10,12H,1-2H3/t7-,10-/m0/s1. The number of fused-ring (bicyclic) bond motifs is 1. The molecule has 1 aromatic carbocycles. The van der Waals surface area contributed by atoms with Crippen molar-refractivity contribution in [2.24, 2.45) is 0 Å². The fraction of sp³-hybridized carbons (Fsp3) is 0.400. The molecule has 0 saturated heterocycles. The van der Waals surface area contributed by atoms with Gasteiger partial charge >= 0.3 is 0 Å². The molecule has 15 heavy (non-hydrogen) atoms. The number of hydrogen-bond donors (Lipinski definition) is 1. The molecule has 0 amide bonds. The van der Waals surface area contributed by atoms with Crippen LogP contribution in [0.5, 0.6) is 0 Å². The van der Waals surface area contributed by atoms with E-state index in [2.05, 4.69) is 0 Å². The lowest BCUT2D eigenvalue weighted by molar-refractivity contribution is 0.171. The highest BCUT2D eigenvalue weighted by Gasteiger charge is 2.38. The summed E-state index contributed by atoms with van der Waals surface area (Å²) in [6, 6.07) is 7.16. The van der Waals surface area contributed by atoms with Gasteiger partial charge in [0.05, 0.1) is 11.9 Å². The molecule has 1 N–H and O–H groups in total. The molecule has 82 valence electrons. The molecule has 2 rings (SSSR count). The summed E-state index contributed by atoms with van der Waals surface area (Å²) in [5, 5.41) is 9.86. The Kier molecular flexibility index (Phi) is 2.24. The van der Waals surface area contributed by atoms with Crippen molar-refractivity contribution in [3.8, 4) is 0 Å². The van der Waals surface area contributed by atoms with Gasteiger partial charge in [0.1, 0.15) is 6.23 Å². The average Bonchev–Trinajstić information content (AvgIpc) is 2.39. The summed E-state index contributed by atoms with van der Waals surface area (Å²) in [6.07, 6.45) is 0.114. The molecule has 5 heteroatoms. The lowest BCUT2D eigenvalue weighted by Crippen LogP contribution is -2.37. The van der Waals surface area contributed by atoms with E-state index < -0.39 is 16.3 Å². The molecule has 1 aromatic rings. The topological polar surface area (TPSA) is 57.6 Å². The van der Waals surface area contributed by atoms with Gasteiger partial charge in [-0.2, -0.15) is 0 Å². The second-order valence-electron chi connectivity index (χ2n) is 3.82. The van der Waals surface area contributed by atoms with Crippen LogP contribution in [0.15, 0.2) is 24.3 Å². The van der Waals surface area contributed by atoms with Gasteiger partial charge in [-0.1, -0.05) is 25.1 Å². The third-order valence-corrected chi connectivity index (χ3v) is 3.84. The third kappa shape index (κ3) is 1.52. The number of hydrogen-bond acceptors (Lipinski definition) is 3. The summed E-state index contributed by atoms with van der Waals surface area (Å²) in [7, 11) is -3.41. The molecule has 0 aliphatic carbocycles. The van der Waals surface area contributed by atoms with E-state index in [-0.39, 0.29) is 5.92 Å². The van der Waals surface area contributed by atoms with E-state index >= 15 is 0 Å². The average molecular weight is 227 g/mol. The van der Waals surface area contributed by atoms with Gasteiger partial charge in [-0.25, -0.2) is 12.7 Å². The maximum absolute atomic E-state index is 11.5. The van der Waals surface area contributed by atoms with E-state index in [4.69, 9.17) is 0 Å². The Morgan fingerprint density at radius 1 is 1.33 bits per heavy atom. The van der Waals surface area contributed by atoms with Gasteiger partial charge in [-0.3, -0.25) is 0 Å². The van der Waals surface area contributed by atoms with Gasteiger partial charge in [0, 0.05) is 5.92 Å². The summed E-state index contributed by atoms with van der Waals surface area (Å²) in [5.41, 5.74) is 1.45. The summed E-state index contributed by atoms with van der Waals surface area (Å²) < 4.78 is 24.1. The molecule has 0 fully saturated rings. The highest BCUT2D eigenvalue weighted by molar-refractivity contribution is 7.92. The van der Waals surface area contributed by atoms with Crippen molar-refractivity contribution in [1.82, 2.24) is 0 Å². The van der Waals surface area contributed by atoms with E-state index in [0.29, 0.717) is 5.69 Å². The zero-order valence-corrected chi connectivity index (χ0v) is 9.40. The molecule has 0 unspecified atom stereocenters. The summed E-state index contributed by atoms with van der Waals surface area (Å²) in [4.78, 5) is 0. The van der Waals surface area contributed by atoms with Gasteiger partial charge in [0.2, 0.25) is 10.0 Å². The number of rotatable bonds is 1. The first-order chi connectivity index (χ1) is 6.93. The fourth-order valence-corrected chi connectivity index (χ4v) is 3.05. The molecule has 1 heterocycles. The van der Waals surface area contributed by atoms with E-state index in [9.17, 15) is 13.5 Å². The molecule has 0 radical (unpaired) electrons. The first kappa shape index (κ1) is 10.4. The lowest BCUT2D eigenvalue weighted by atomic mass is 10.0. The SMILES string of the molecule is C[C@H]1c2ccccc2N(S(C)(=O)=O)[C@H]1O. The van der Waals surface area contributed by atoms with Crippen molar-refractivity contribution in [2.75, 3.05) is 10.6 Å². The fourth-order valence-electron chi connectivity index (χ4n) is 1.95. The Bertz CT molecular complexity index is 483. The van der Waals surface area contributed by atoms with Crippen molar-refractivity contribution >= 4 is 15.7 Å². The van der Waals surface area contributed by atoms with E-state index in [0.717, 1.165) is 16.1 Å². The Labute approximate surface area is 89.2 Å². The van der Waals surface area contributed by atoms with Crippen LogP contribution in [-0.2, 0) is 10.0 Å². The minimum absolute atomic E-state index is 0.184. The summed E-state index contributed by atoms with van der Waals surface area (Å²) in [6.45, 7) is 1.81. The molecule has 1 aliphatic heterocycles. The quantitative estimate of drug-likeness (QED) is 0.775. The Morgan fingerprint density at radius 3 is 2.53 bits per heavy atom. The van der Waals surface area contributed by atoms with Gasteiger partial charge in [0.15, 0.2) is 0 Å². The lowest BCUT2D eigenvalue weighted by Gasteiger charge is -2.22. The Hall–Kier alpha value is -1.07. The highest BCUT2D eigenvalue weighted by atomic mass is 32.2. The number of anilines is 1. The zero-order valence-electron chi connectivity index (χ0n) is 8.58. The molecule has 2 atom stereocenters. The number of sulfonamides is 1. The van der Waals surface area contributed by atoms with E-state index in [1.807, 2.05) is 19.1 Å². The number of benzene rings is 1. The maximum atomic E-state index is 11.5. The van der Waals surface area contributed by atoms with Crippen molar-refractivity contribution in [3.63, 3.8) is 0 Å². The monoisotopic (exact) mass is 227 g/mol. The van der Waals surface area contributed by atoms with Crippen molar-refractivity contribution in [1.29, 1.82) is 0 Å². The third-order valence-electron chi connectivity index (χ3n) is 2.71. The van der Waals surface area contributed by atoms with Crippen LogP contribution < -0.4 is 4.31 Å². The highest BCUT2D eigenvalue weighted by Crippen LogP contribution is 2.40. The molecule has 0 aromatic heterocycles. The van der Waals surface area contributed by atoms with Crippen LogP contribution in [-0.4, -0.2) is 26.0 Å². The summed E-state index contributed by atoms with van der Waals surface area (Å²) in [5.74, 6) is -0.184. The Morgan fingerprint density at radius 2 is 1.93 bits per heavy atom. The Balaban J connectivity index is 2.62. The molecular formula is C10H13NO3S. The van der Waals surface area contributed by atoms with Crippen LogP contribution in [0.25, 0.3) is 0 Å². The minimum Gasteiger partial charge on any atom is -0.372 e. The molecule has 0 bridgehead atoms. The molecule has 1 aliphatic rings. The van der Waals surface area contributed by atoms with Crippen LogP contribution in [0.4, 0.5) is 5.69 Å². The molecule has 0 saturated carbocycles. The predicted molar refractivity (Wildman–Crippen MR) is 58.2 cm³/mol. The van der Waals surface area contributed by atoms with Crippen LogP contribution in [0.1, 0.15) is 18.4 Å². The molecule has 4 nitrogen and oxygen atoms in total. The molecular weight excluding hydrogens is 214 g/mol. The largest absolute Gasteiger partial charge is 0.372 e. The van der Waals surface area contributed by atoms with E-state index in [1.165, 1.54) is 0 Å². The first-order valence-corrected chi connectivity index (χ1v) is 6.54. The number of aliphatic hydroxyl groups is 1. The normalized spacial score (nSPS) is 25.4.